The van der Waals surface area contributed by atoms with Crippen molar-refractivity contribution in [2.45, 2.75) is 24.2 Å². The lowest BCUT2D eigenvalue weighted by atomic mass is 10.1. The highest BCUT2D eigenvalue weighted by atomic mass is 32.2. The summed E-state index contributed by atoms with van der Waals surface area (Å²) >= 11 is 0. The molecule has 138 valence electrons. The van der Waals surface area contributed by atoms with E-state index in [0.717, 1.165) is 23.9 Å². The van der Waals surface area contributed by atoms with Gasteiger partial charge in [0.1, 0.15) is 10.6 Å². The van der Waals surface area contributed by atoms with Gasteiger partial charge in [0.05, 0.1) is 12.8 Å². The van der Waals surface area contributed by atoms with E-state index in [4.69, 9.17) is 9.26 Å². The molecule has 0 aliphatic rings. The van der Waals surface area contributed by atoms with Crippen LogP contribution in [0.15, 0.2) is 39.9 Å². The van der Waals surface area contributed by atoms with E-state index in [0.29, 0.717) is 30.3 Å². The van der Waals surface area contributed by atoms with Crippen molar-refractivity contribution in [3.63, 3.8) is 0 Å². The van der Waals surface area contributed by atoms with Crippen molar-refractivity contribution < 1.29 is 17.7 Å². The molecule has 0 N–H and O–H groups in total. The Morgan fingerprint density at radius 2 is 2.04 bits per heavy atom. The molecule has 2 aromatic heterocycles. The molecule has 0 radical (unpaired) electrons. The normalized spacial score (nSPS) is 11.7. The highest BCUT2D eigenvalue weighted by molar-refractivity contribution is 7.90. The Labute approximate surface area is 151 Å². The van der Waals surface area contributed by atoms with Crippen molar-refractivity contribution in [1.82, 2.24) is 19.9 Å². The smallest absolute Gasteiger partial charge is 0.227 e. The average Bonchev–Trinajstić information content (AvgIpc) is 3.20. The fourth-order valence-corrected chi connectivity index (χ4v) is 3.43. The summed E-state index contributed by atoms with van der Waals surface area (Å²) in [5.41, 5.74) is 1.81. The molecule has 0 unspecified atom stereocenters. The molecule has 0 bridgehead atoms. The summed E-state index contributed by atoms with van der Waals surface area (Å²) in [6, 6.07) is 6.89. The Morgan fingerprint density at radius 1 is 1.23 bits per heavy atom. The molecule has 0 amide bonds. The highest BCUT2D eigenvalue weighted by Crippen LogP contribution is 2.25. The molecule has 9 heteroatoms. The fraction of sp³-hybridized carbons (Fsp3) is 0.353. The first-order valence-corrected chi connectivity index (χ1v) is 9.91. The third-order valence-electron chi connectivity index (χ3n) is 3.86. The van der Waals surface area contributed by atoms with E-state index in [-0.39, 0.29) is 4.90 Å². The molecule has 3 aromatic rings. The summed E-state index contributed by atoms with van der Waals surface area (Å²) in [5, 5.41) is 8.30. The molecule has 0 saturated carbocycles. The molecule has 1 aromatic carbocycles. The Kier molecular flexibility index (Phi) is 5.08. The molecule has 0 spiro atoms. The van der Waals surface area contributed by atoms with Crippen LogP contribution in [0.2, 0.25) is 0 Å². The number of sulfone groups is 1. The predicted molar refractivity (Wildman–Crippen MR) is 93.8 cm³/mol. The van der Waals surface area contributed by atoms with Crippen LogP contribution < -0.4 is 4.74 Å². The van der Waals surface area contributed by atoms with Crippen LogP contribution >= 0.6 is 0 Å². The molecule has 0 saturated heterocycles. The van der Waals surface area contributed by atoms with Crippen molar-refractivity contribution >= 4 is 9.84 Å². The second-order valence-corrected chi connectivity index (χ2v) is 8.00. The highest BCUT2D eigenvalue weighted by Gasteiger charge is 2.16. The SMILES string of the molecule is COc1cc(Cc2noc(CCc3ccn(C)n3)n2)ccc1S(C)(=O)=O. The minimum absolute atomic E-state index is 0.160. The van der Waals surface area contributed by atoms with Crippen LogP contribution in [0.5, 0.6) is 5.75 Å². The van der Waals surface area contributed by atoms with E-state index in [9.17, 15) is 8.42 Å². The quantitative estimate of drug-likeness (QED) is 0.617. The zero-order valence-electron chi connectivity index (χ0n) is 14.8. The number of rotatable bonds is 7. The minimum Gasteiger partial charge on any atom is -0.495 e. The number of hydrogen-bond acceptors (Lipinski definition) is 7. The van der Waals surface area contributed by atoms with Gasteiger partial charge in [0.25, 0.3) is 0 Å². The number of hydrogen-bond donors (Lipinski definition) is 0. The van der Waals surface area contributed by atoms with E-state index >= 15 is 0 Å². The van der Waals surface area contributed by atoms with E-state index in [2.05, 4.69) is 15.2 Å². The van der Waals surface area contributed by atoms with Crippen LogP contribution in [0.4, 0.5) is 0 Å². The number of ether oxygens (including phenoxy) is 1. The van der Waals surface area contributed by atoms with Gasteiger partial charge in [-0.05, 0) is 23.8 Å². The lowest BCUT2D eigenvalue weighted by molar-refractivity contribution is 0.373. The molecule has 2 heterocycles. The number of methoxy groups -OCH3 is 1. The topological polar surface area (TPSA) is 100 Å². The summed E-state index contributed by atoms with van der Waals surface area (Å²) in [7, 11) is -0.0305. The molecule has 3 rings (SSSR count). The Hall–Kier alpha value is -2.68. The number of aromatic nitrogens is 4. The Bertz CT molecular complexity index is 1010. The first-order valence-electron chi connectivity index (χ1n) is 8.02. The molecule has 0 aliphatic carbocycles. The van der Waals surface area contributed by atoms with E-state index in [1.807, 2.05) is 19.3 Å². The van der Waals surface area contributed by atoms with Crippen LogP contribution in [-0.4, -0.2) is 41.7 Å². The third kappa shape index (κ3) is 4.29. The van der Waals surface area contributed by atoms with Gasteiger partial charge in [-0.15, -0.1) is 0 Å². The predicted octanol–water partition coefficient (Wildman–Crippen LogP) is 1.59. The standard InChI is InChI=1S/C17H20N4O4S/c1-21-9-8-13(19-21)5-7-17-18-16(20-25-17)11-12-4-6-15(26(3,22)23)14(10-12)24-2/h4,6,8-10H,5,7,11H2,1-3H3. The van der Waals surface area contributed by atoms with E-state index in [1.54, 1.807) is 16.8 Å². The maximum Gasteiger partial charge on any atom is 0.227 e. The molecule has 26 heavy (non-hydrogen) atoms. The van der Waals surface area contributed by atoms with Gasteiger partial charge < -0.3 is 9.26 Å². The number of benzene rings is 1. The Balaban J connectivity index is 1.69. The van der Waals surface area contributed by atoms with Crippen molar-refractivity contribution in [2.75, 3.05) is 13.4 Å². The van der Waals surface area contributed by atoms with E-state index < -0.39 is 9.84 Å². The van der Waals surface area contributed by atoms with Gasteiger partial charge >= 0.3 is 0 Å². The van der Waals surface area contributed by atoms with Gasteiger partial charge in [-0.3, -0.25) is 4.68 Å². The van der Waals surface area contributed by atoms with E-state index in [1.165, 1.54) is 13.2 Å². The molecular formula is C17H20N4O4S. The Morgan fingerprint density at radius 3 is 2.69 bits per heavy atom. The number of aryl methyl sites for hydroxylation is 3. The minimum atomic E-state index is -3.35. The van der Waals surface area contributed by atoms with Crippen LogP contribution in [0.25, 0.3) is 0 Å². The first-order chi connectivity index (χ1) is 12.3. The molecule has 0 atom stereocenters. The van der Waals surface area contributed by atoms with Crippen molar-refractivity contribution in [3.05, 3.63) is 53.4 Å². The van der Waals surface area contributed by atoms with Crippen LogP contribution in [0.3, 0.4) is 0 Å². The van der Waals surface area contributed by atoms with Crippen molar-refractivity contribution in [1.29, 1.82) is 0 Å². The summed E-state index contributed by atoms with van der Waals surface area (Å²) < 4.78 is 35.7. The van der Waals surface area contributed by atoms with Crippen LogP contribution in [0, 0.1) is 0 Å². The lowest BCUT2D eigenvalue weighted by Crippen LogP contribution is -2.02. The maximum absolute atomic E-state index is 11.7. The molecule has 8 nitrogen and oxygen atoms in total. The lowest BCUT2D eigenvalue weighted by Gasteiger charge is -2.08. The van der Waals surface area contributed by atoms with Gasteiger partial charge in [0.15, 0.2) is 15.7 Å². The van der Waals surface area contributed by atoms with Crippen molar-refractivity contribution in [3.8, 4) is 5.75 Å². The van der Waals surface area contributed by atoms with Crippen molar-refractivity contribution in [2.24, 2.45) is 7.05 Å². The van der Waals surface area contributed by atoms with Gasteiger partial charge in [0.2, 0.25) is 5.89 Å². The monoisotopic (exact) mass is 376 g/mol. The summed E-state index contributed by atoms with van der Waals surface area (Å²) in [6.45, 7) is 0. The average molecular weight is 376 g/mol. The van der Waals surface area contributed by atoms with Gasteiger partial charge in [0, 0.05) is 38.8 Å². The molecule has 0 fully saturated rings. The first kappa shape index (κ1) is 18.1. The summed E-state index contributed by atoms with van der Waals surface area (Å²) in [6.07, 6.45) is 4.80. The zero-order chi connectivity index (χ0) is 18.7. The largest absolute Gasteiger partial charge is 0.495 e. The number of nitrogens with zero attached hydrogens (tertiary/aromatic N) is 4. The van der Waals surface area contributed by atoms with Gasteiger partial charge in [-0.25, -0.2) is 8.42 Å². The maximum atomic E-state index is 11.7. The molecular weight excluding hydrogens is 356 g/mol. The summed E-state index contributed by atoms with van der Waals surface area (Å²) in [5.74, 6) is 1.39. The van der Waals surface area contributed by atoms with Gasteiger partial charge in [-0.1, -0.05) is 11.2 Å². The zero-order valence-corrected chi connectivity index (χ0v) is 15.7. The second-order valence-electron chi connectivity index (χ2n) is 6.02. The second kappa shape index (κ2) is 7.28. The fourth-order valence-electron chi connectivity index (χ4n) is 2.61. The molecule has 0 aliphatic heterocycles. The third-order valence-corrected chi connectivity index (χ3v) is 5.00. The van der Waals surface area contributed by atoms with Crippen LogP contribution in [0.1, 0.15) is 23.0 Å². The van der Waals surface area contributed by atoms with Gasteiger partial charge in [-0.2, -0.15) is 10.1 Å². The summed E-state index contributed by atoms with van der Waals surface area (Å²) in [4.78, 5) is 4.54. The van der Waals surface area contributed by atoms with Crippen LogP contribution in [-0.2, 0) is 36.1 Å².